The monoisotopic (exact) mass is 278 g/mol. The van der Waals surface area contributed by atoms with Crippen molar-refractivity contribution in [3.05, 3.63) is 29.6 Å². The molecule has 98 valence electrons. The van der Waals surface area contributed by atoms with Gasteiger partial charge in [-0.2, -0.15) is 13.2 Å². The molecule has 1 N–H and O–H groups in total. The summed E-state index contributed by atoms with van der Waals surface area (Å²) in [4.78, 5) is 4.07. The second-order valence-corrected chi connectivity index (χ2v) is 5.32. The molecule has 2 rings (SSSR count). The highest BCUT2D eigenvalue weighted by Crippen LogP contribution is 2.32. The molecule has 18 heavy (non-hydrogen) atoms. The maximum absolute atomic E-state index is 13.4. The molecule has 0 saturated carbocycles. The Labute approximate surface area is 105 Å². The number of aliphatic imine (C=N–C) groups is 1. The Morgan fingerprint density at radius 2 is 2.11 bits per heavy atom. The van der Waals surface area contributed by atoms with Crippen molar-refractivity contribution in [1.29, 1.82) is 0 Å². The molecule has 0 amide bonds. The van der Waals surface area contributed by atoms with Crippen molar-refractivity contribution in [1.82, 2.24) is 0 Å². The van der Waals surface area contributed by atoms with Crippen LogP contribution in [0.3, 0.4) is 0 Å². The van der Waals surface area contributed by atoms with Crippen LogP contribution >= 0.6 is 11.8 Å². The molecule has 7 heteroatoms. The van der Waals surface area contributed by atoms with Crippen LogP contribution in [0, 0.1) is 5.82 Å². The number of amidine groups is 1. The Kier molecular flexibility index (Phi) is 3.52. The van der Waals surface area contributed by atoms with E-state index in [4.69, 9.17) is 0 Å². The average molecular weight is 278 g/mol. The Bertz CT molecular complexity index is 484. The zero-order valence-corrected chi connectivity index (χ0v) is 10.2. The summed E-state index contributed by atoms with van der Waals surface area (Å²) in [5, 5.41) is 3.29. The Morgan fingerprint density at radius 1 is 1.39 bits per heavy atom. The smallest absolute Gasteiger partial charge is 0.333 e. The third kappa shape index (κ3) is 2.95. The van der Waals surface area contributed by atoms with Gasteiger partial charge < -0.3 is 5.32 Å². The number of rotatable bonds is 1. The van der Waals surface area contributed by atoms with Gasteiger partial charge in [-0.1, -0.05) is 18.7 Å². The predicted molar refractivity (Wildman–Crippen MR) is 64.4 cm³/mol. The van der Waals surface area contributed by atoms with E-state index in [1.165, 1.54) is 11.8 Å². The largest absolute Gasteiger partial charge is 0.416 e. The summed E-state index contributed by atoms with van der Waals surface area (Å²) >= 11 is 1.37. The van der Waals surface area contributed by atoms with Crippen molar-refractivity contribution in [2.24, 2.45) is 4.99 Å². The normalized spacial score (nSPS) is 19.8. The average Bonchev–Trinajstić information content (AvgIpc) is 2.66. The lowest BCUT2D eigenvalue weighted by atomic mass is 10.2. The minimum Gasteiger partial charge on any atom is -0.333 e. The number of hydrogen-bond donors (Lipinski definition) is 1. The number of hydrogen-bond acceptors (Lipinski definition) is 3. The van der Waals surface area contributed by atoms with Crippen LogP contribution in [-0.2, 0) is 6.18 Å². The minimum atomic E-state index is -4.48. The number of benzene rings is 1. The maximum atomic E-state index is 13.4. The highest BCUT2D eigenvalue weighted by Gasteiger charge is 2.31. The van der Waals surface area contributed by atoms with E-state index in [-0.39, 0.29) is 10.9 Å². The third-order valence-electron chi connectivity index (χ3n) is 2.34. The number of thioether (sulfide) groups is 1. The van der Waals surface area contributed by atoms with Gasteiger partial charge in [0.1, 0.15) is 5.82 Å². The van der Waals surface area contributed by atoms with Crippen LogP contribution in [-0.4, -0.2) is 17.0 Å². The van der Waals surface area contributed by atoms with Crippen LogP contribution in [0.2, 0.25) is 0 Å². The lowest BCUT2D eigenvalue weighted by Crippen LogP contribution is -2.10. The zero-order chi connectivity index (χ0) is 13.3. The van der Waals surface area contributed by atoms with Gasteiger partial charge in [0.25, 0.3) is 0 Å². The molecule has 1 atom stereocenters. The number of alkyl halides is 3. The van der Waals surface area contributed by atoms with E-state index in [9.17, 15) is 17.6 Å². The van der Waals surface area contributed by atoms with Crippen LogP contribution in [0.1, 0.15) is 12.5 Å². The van der Waals surface area contributed by atoms with Crippen molar-refractivity contribution in [3.63, 3.8) is 0 Å². The standard InChI is InChI=1S/C11H10F4N2S/c1-6-5-16-10(18-6)17-9-4-7(11(13,14)15)2-3-8(9)12/h2-4,6H,5H2,1H3,(H,16,17). The maximum Gasteiger partial charge on any atom is 0.416 e. The first-order valence-electron chi connectivity index (χ1n) is 5.21. The molecule has 0 aromatic heterocycles. The summed E-state index contributed by atoms with van der Waals surface area (Å²) in [7, 11) is 0. The van der Waals surface area contributed by atoms with Gasteiger partial charge in [-0.3, -0.25) is 4.99 Å². The van der Waals surface area contributed by atoms with Crippen LogP contribution < -0.4 is 5.32 Å². The van der Waals surface area contributed by atoms with Gasteiger partial charge in [-0.15, -0.1) is 0 Å². The molecular weight excluding hydrogens is 268 g/mol. The summed E-state index contributed by atoms with van der Waals surface area (Å²) < 4.78 is 50.9. The SMILES string of the molecule is CC1CN=C(Nc2cc(C(F)(F)F)ccc2F)S1. The van der Waals surface area contributed by atoms with Crippen LogP contribution in [0.25, 0.3) is 0 Å². The summed E-state index contributed by atoms with van der Waals surface area (Å²) in [5.74, 6) is -0.731. The van der Waals surface area contributed by atoms with E-state index >= 15 is 0 Å². The van der Waals surface area contributed by atoms with Crippen molar-refractivity contribution < 1.29 is 17.6 Å². The Balaban J connectivity index is 2.22. The first-order valence-corrected chi connectivity index (χ1v) is 6.09. The minimum absolute atomic E-state index is 0.204. The summed E-state index contributed by atoms with van der Waals surface area (Å²) in [6.45, 7) is 2.51. The molecule has 0 fully saturated rings. The van der Waals surface area contributed by atoms with Gasteiger partial charge >= 0.3 is 6.18 Å². The van der Waals surface area contributed by atoms with E-state index < -0.39 is 17.6 Å². The molecule has 0 spiro atoms. The Morgan fingerprint density at radius 3 is 2.67 bits per heavy atom. The van der Waals surface area contributed by atoms with E-state index in [2.05, 4.69) is 10.3 Å². The van der Waals surface area contributed by atoms with Crippen molar-refractivity contribution in [3.8, 4) is 0 Å². The molecule has 0 aliphatic carbocycles. The molecule has 1 unspecified atom stereocenters. The molecule has 0 bridgehead atoms. The van der Waals surface area contributed by atoms with Crippen molar-refractivity contribution >= 4 is 22.6 Å². The summed E-state index contributed by atoms with van der Waals surface area (Å²) in [6.07, 6.45) is -4.48. The molecule has 1 aliphatic rings. The van der Waals surface area contributed by atoms with Gasteiger partial charge in [0.2, 0.25) is 0 Å². The van der Waals surface area contributed by atoms with Gasteiger partial charge in [0, 0.05) is 5.25 Å². The second-order valence-electron chi connectivity index (χ2n) is 3.89. The van der Waals surface area contributed by atoms with Gasteiger partial charge in [0.15, 0.2) is 5.17 Å². The first kappa shape index (κ1) is 13.2. The van der Waals surface area contributed by atoms with Gasteiger partial charge in [0.05, 0.1) is 17.8 Å². The number of nitrogens with one attached hydrogen (secondary N) is 1. The fourth-order valence-corrected chi connectivity index (χ4v) is 2.31. The predicted octanol–water partition coefficient (Wildman–Crippen LogP) is 3.75. The third-order valence-corrected chi connectivity index (χ3v) is 3.35. The molecule has 2 nitrogen and oxygen atoms in total. The Hall–Kier alpha value is -1.24. The molecule has 1 aliphatic heterocycles. The van der Waals surface area contributed by atoms with Crippen LogP contribution in [0.15, 0.2) is 23.2 Å². The first-order chi connectivity index (χ1) is 8.36. The molecule has 1 aromatic rings. The van der Waals surface area contributed by atoms with Crippen molar-refractivity contribution in [2.45, 2.75) is 18.3 Å². The van der Waals surface area contributed by atoms with Crippen LogP contribution in [0.4, 0.5) is 23.2 Å². The van der Waals surface area contributed by atoms with Crippen molar-refractivity contribution in [2.75, 3.05) is 11.9 Å². The van der Waals surface area contributed by atoms with Gasteiger partial charge in [-0.05, 0) is 18.2 Å². The molecule has 0 radical (unpaired) electrons. The van der Waals surface area contributed by atoms with Gasteiger partial charge in [-0.25, -0.2) is 4.39 Å². The number of anilines is 1. The molecule has 1 heterocycles. The topological polar surface area (TPSA) is 24.4 Å². The highest BCUT2D eigenvalue weighted by molar-refractivity contribution is 8.15. The van der Waals surface area contributed by atoms with E-state index in [1.54, 1.807) is 0 Å². The quantitative estimate of drug-likeness (QED) is 0.791. The number of halogens is 4. The lowest BCUT2D eigenvalue weighted by Gasteiger charge is -2.11. The number of nitrogens with zero attached hydrogens (tertiary/aromatic N) is 1. The van der Waals surface area contributed by atoms with E-state index in [1.807, 2.05) is 6.92 Å². The molecule has 0 saturated heterocycles. The summed E-state index contributed by atoms with van der Waals surface area (Å²) in [5.41, 5.74) is -1.09. The lowest BCUT2D eigenvalue weighted by molar-refractivity contribution is -0.137. The fraction of sp³-hybridized carbons (Fsp3) is 0.364. The van der Waals surface area contributed by atoms with E-state index in [0.717, 1.165) is 12.1 Å². The summed E-state index contributed by atoms with van der Waals surface area (Å²) in [6, 6.07) is 2.27. The fourth-order valence-electron chi connectivity index (χ4n) is 1.46. The molecule has 1 aromatic carbocycles. The molecular formula is C11H10F4N2S. The highest BCUT2D eigenvalue weighted by atomic mass is 32.2. The zero-order valence-electron chi connectivity index (χ0n) is 9.38. The van der Waals surface area contributed by atoms with Crippen LogP contribution in [0.5, 0.6) is 0 Å². The second kappa shape index (κ2) is 4.79. The van der Waals surface area contributed by atoms with E-state index in [0.29, 0.717) is 17.8 Å².